The predicted octanol–water partition coefficient (Wildman–Crippen LogP) is 3.11. The highest BCUT2D eigenvalue weighted by Crippen LogP contribution is 2.33. The number of hydrogen-bond acceptors (Lipinski definition) is 7. The molecule has 0 heterocycles. The number of methoxy groups -OCH3 is 1. The van der Waals surface area contributed by atoms with Crippen molar-refractivity contribution < 1.29 is 28.6 Å². The van der Waals surface area contributed by atoms with Crippen molar-refractivity contribution in [2.45, 2.75) is 19.8 Å². The van der Waals surface area contributed by atoms with Crippen LogP contribution in [0.25, 0.3) is 0 Å². The number of benzene rings is 2. The van der Waals surface area contributed by atoms with Gasteiger partial charge in [0.15, 0.2) is 18.1 Å². The number of anilines is 1. The van der Waals surface area contributed by atoms with E-state index in [9.17, 15) is 14.4 Å². The first kappa shape index (κ1) is 25.1. The highest BCUT2D eigenvalue weighted by molar-refractivity contribution is 14.1. The topological polar surface area (TPSA) is 115 Å². The van der Waals surface area contributed by atoms with Crippen LogP contribution in [0.2, 0.25) is 0 Å². The van der Waals surface area contributed by atoms with Crippen LogP contribution >= 0.6 is 22.6 Å². The minimum Gasteiger partial charge on any atom is -0.493 e. The molecule has 0 unspecified atom stereocenters. The smallest absolute Gasteiger partial charge is 0.344 e. The van der Waals surface area contributed by atoms with Gasteiger partial charge in [-0.05, 0) is 59.3 Å². The van der Waals surface area contributed by atoms with Gasteiger partial charge in [-0.1, -0.05) is 18.2 Å². The molecule has 2 amide bonds. The quantitative estimate of drug-likeness (QED) is 0.191. The molecule has 0 fully saturated rings. The zero-order valence-electron chi connectivity index (χ0n) is 17.7. The summed E-state index contributed by atoms with van der Waals surface area (Å²) in [5.41, 5.74) is 3.72. The van der Waals surface area contributed by atoms with Crippen molar-refractivity contribution in [2.75, 3.05) is 25.6 Å². The average molecular weight is 553 g/mol. The van der Waals surface area contributed by atoms with Gasteiger partial charge in [-0.25, -0.2) is 10.2 Å². The van der Waals surface area contributed by atoms with Gasteiger partial charge in [0.2, 0.25) is 11.8 Å². The Kier molecular flexibility index (Phi) is 10.4. The van der Waals surface area contributed by atoms with Gasteiger partial charge < -0.3 is 19.5 Å². The van der Waals surface area contributed by atoms with Gasteiger partial charge in [-0.3, -0.25) is 9.59 Å². The lowest BCUT2D eigenvalue weighted by Crippen LogP contribution is -2.20. The fourth-order valence-corrected chi connectivity index (χ4v) is 3.28. The van der Waals surface area contributed by atoms with E-state index in [0.29, 0.717) is 26.3 Å². The van der Waals surface area contributed by atoms with Gasteiger partial charge >= 0.3 is 5.97 Å². The van der Waals surface area contributed by atoms with E-state index in [0.717, 1.165) is 0 Å². The van der Waals surface area contributed by atoms with Crippen molar-refractivity contribution in [1.82, 2.24) is 5.43 Å². The number of carbonyl (C=O) groups excluding carboxylic acids is 3. The number of para-hydroxylation sites is 1. The standard InChI is InChI=1S/C22H24IN3O6/c1-3-31-21(29)14-32-22-17(23)11-15(12-18(22)30-2)13-24-26-20(28)10-9-19(27)25-16-7-5-4-6-8-16/h4-8,11-13H,3,9-10,14H2,1-2H3,(H,25,27)(H,26,28). The van der Waals surface area contributed by atoms with Crippen LogP contribution in [0.5, 0.6) is 11.5 Å². The number of nitrogens with zero attached hydrogens (tertiary/aromatic N) is 1. The first-order valence-electron chi connectivity index (χ1n) is 9.75. The fraction of sp³-hybridized carbons (Fsp3) is 0.273. The third kappa shape index (κ3) is 8.53. The molecule has 0 radical (unpaired) electrons. The summed E-state index contributed by atoms with van der Waals surface area (Å²) in [6, 6.07) is 12.4. The first-order chi connectivity index (χ1) is 15.4. The first-order valence-corrected chi connectivity index (χ1v) is 10.8. The molecule has 0 bridgehead atoms. The summed E-state index contributed by atoms with van der Waals surface area (Å²) in [5, 5.41) is 6.63. The molecule has 0 atom stereocenters. The summed E-state index contributed by atoms with van der Waals surface area (Å²) in [6.07, 6.45) is 1.48. The molecule has 0 saturated carbocycles. The molecular formula is C22H24IN3O6. The van der Waals surface area contributed by atoms with Gasteiger partial charge in [0, 0.05) is 18.5 Å². The molecule has 0 aliphatic carbocycles. The third-order valence-corrected chi connectivity index (χ3v) is 4.73. The van der Waals surface area contributed by atoms with Crippen LogP contribution in [0.1, 0.15) is 25.3 Å². The maximum Gasteiger partial charge on any atom is 0.344 e. The lowest BCUT2D eigenvalue weighted by molar-refractivity contribution is -0.145. The zero-order valence-corrected chi connectivity index (χ0v) is 19.9. The highest BCUT2D eigenvalue weighted by Gasteiger charge is 2.13. The Balaban J connectivity index is 1.86. The molecule has 0 aliphatic rings. The number of carbonyl (C=O) groups is 3. The molecule has 0 aliphatic heterocycles. The van der Waals surface area contributed by atoms with Gasteiger partial charge in [0.05, 0.1) is 23.5 Å². The number of nitrogens with one attached hydrogen (secondary N) is 2. The third-order valence-electron chi connectivity index (χ3n) is 3.93. The minimum atomic E-state index is -0.476. The second-order valence-corrected chi connectivity index (χ2v) is 7.50. The monoisotopic (exact) mass is 553 g/mol. The number of hydrogen-bond donors (Lipinski definition) is 2. The van der Waals surface area contributed by atoms with Crippen LogP contribution in [0.3, 0.4) is 0 Å². The lowest BCUT2D eigenvalue weighted by atomic mass is 10.2. The van der Waals surface area contributed by atoms with Crippen molar-refractivity contribution in [3.05, 3.63) is 51.6 Å². The van der Waals surface area contributed by atoms with Crippen LogP contribution in [0.4, 0.5) is 5.69 Å². The number of hydrazone groups is 1. The second-order valence-electron chi connectivity index (χ2n) is 6.34. The van der Waals surface area contributed by atoms with E-state index in [2.05, 4.69) is 15.8 Å². The van der Waals surface area contributed by atoms with Gasteiger partial charge in [0.1, 0.15) is 0 Å². The Morgan fingerprint density at radius 1 is 1.09 bits per heavy atom. The normalized spacial score (nSPS) is 10.5. The summed E-state index contributed by atoms with van der Waals surface area (Å²) in [4.78, 5) is 35.4. The molecule has 2 N–H and O–H groups in total. The molecule has 10 heteroatoms. The lowest BCUT2D eigenvalue weighted by Gasteiger charge is -2.13. The minimum absolute atomic E-state index is 0.00248. The fourth-order valence-electron chi connectivity index (χ4n) is 2.49. The molecule has 2 aromatic carbocycles. The molecule has 2 rings (SSSR count). The summed E-state index contributed by atoms with van der Waals surface area (Å²) < 4.78 is 16.4. The zero-order chi connectivity index (χ0) is 23.3. The Bertz CT molecular complexity index is 966. The van der Waals surface area contributed by atoms with Gasteiger partial charge in [-0.2, -0.15) is 5.10 Å². The van der Waals surface area contributed by atoms with Crippen LogP contribution in [-0.2, 0) is 19.1 Å². The number of amides is 2. The summed E-state index contributed by atoms with van der Waals surface area (Å²) >= 11 is 2.05. The summed E-state index contributed by atoms with van der Waals surface area (Å²) in [6.45, 7) is 1.76. The predicted molar refractivity (Wildman–Crippen MR) is 128 cm³/mol. The van der Waals surface area contributed by atoms with E-state index in [1.165, 1.54) is 13.3 Å². The Morgan fingerprint density at radius 2 is 1.81 bits per heavy atom. The molecule has 2 aromatic rings. The summed E-state index contributed by atoms with van der Waals surface area (Å²) in [5.74, 6) is -0.303. The second kappa shape index (κ2) is 13.3. The van der Waals surface area contributed by atoms with E-state index in [1.807, 2.05) is 40.8 Å². The van der Waals surface area contributed by atoms with Crippen molar-refractivity contribution in [3.63, 3.8) is 0 Å². The molecule has 0 spiro atoms. The molecule has 0 saturated heterocycles. The number of rotatable bonds is 11. The largest absolute Gasteiger partial charge is 0.493 e. The van der Waals surface area contributed by atoms with Crippen molar-refractivity contribution in [3.8, 4) is 11.5 Å². The van der Waals surface area contributed by atoms with Gasteiger partial charge in [0.25, 0.3) is 0 Å². The SMILES string of the molecule is CCOC(=O)COc1c(I)cc(C=NNC(=O)CCC(=O)Nc2ccccc2)cc1OC. The summed E-state index contributed by atoms with van der Waals surface area (Å²) in [7, 11) is 1.48. The Labute approximate surface area is 199 Å². The number of esters is 1. The van der Waals surface area contributed by atoms with Crippen LogP contribution in [-0.4, -0.2) is 44.3 Å². The molecule has 0 aromatic heterocycles. The van der Waals surface area contributed by atoms with Crippen LogP contribution in [0, 0.1) is 3.57 Å². The van der Waals surface area contributed by atoms with Gasteiger partial charge in [-0.15, -0.1) is 0 Å². The van der Waals surface area contributed by atoms with Crippen LogP contribution in [0.15, 0.2) is 47.6 Å². The molecule has 170 valence electrons. The molecular weight excluding hydrogens is 529 g/mol. The van der Waals surface area contributed by atoms with E-state index >= 15 is 0 Å². The van der Waals surface area contributed by atoms with E-state index in [4.69, 9.17) is 14.2 Å². The average Bonchev–Trinajstić information content (AvgIpc) is 2.77. The maximum absolute atomic E-state index is 11.9. The van der Waals surface area contributed by atoms with Crippen molar-refractivity contribution in [1.29, 1.82) is 0 Å². The number of halogens is 1. The van der Waals surface area contributed by atoms with Crippen LogP contribution < -0.4 is 20.2 Å². The van der Waals surface area contributed by atoms with Crippen molar-refractivity contribution >= 4 is 52.3 Å². The Morgan fingerprint density at radius 3 is 2.50 bits per heavy atom. The van der Waals surface area contributed by atoms with E-state index in [1.54, 1.807) is 31.2 Å². The highest BCUT2D eigenvalue weighted by atomic mass is 127. The van der Waals surface area contributed by atoms with E-state index in [-0.39, 0.29) is 37.9 Å². The van der Waals surface area contributed by atoms with Crippen molar-refractivity contribution in [2.24, 2.45) is 5.10 Å². The molecule has 9 nitrogen and oxygen atoms in total. The maximum atomic E-state index is 11.9. The Hall–Kier alpha value is -3.15. The molecule has 32 heavy (non-hydrogen) atoms. The van der Waals surface area contributed by atoms with E-state index < -0.39 is 5.97 Å². The number of ether oxygens (including phenoxy) is 3.